The molecule has 0 spiro atoms. The van der Waals surface area contributed by atoms with Gasteiger partial charge in [-0.15, -0.1) is 0 Å². The van der Waals surface area contributed by atoms with E-state index in [9.17, 15) is 31.1 Å². The van der Waals surface area contributed by atoms with Gasteiger partial charge in [-0.05, 0) is 19.3 Å². The van der Waals surface area contributed by atoms with E-state index < -0.39 is 18.5 Å². The van der Waals surface area contributed by atoms with E-state index in [0.717, 1.165) is 19.3 Å². The van der Waals surface area contributed by atoms with E-state index in [1.807, 2.05) is 0 Å². The minimum absolute atomic E-state index is 0.0255. The molecular formula is C9H12F6O3. The Bertz CT molecular complexity index is 254. The minimum Gasteiger partial charge on any atom is -0.466 e. The van der Waals surface area contributed by atoms with Gasteiger partial charge < -0.3 is 9.84 Å². The molecule has 0 aromatic rings. The van der Waals surface area contributed by atoms with Crippen molar-refractivity contribution in [1.82, 2.24) is 0 Å². The molecule has 1 unspecified atom stereocenters. The maximum Gasteiger partial charge on any atom is 0.454 e. The SMILES string of the molecule is O=C1CCCCCO1.OC(F)(C(F)F)C(F)(F)F. The normalized spacial score (nSPS) is 20.3. The Morgan fingerprint density at radius 3 is 2.06 bits per heavy atom. The summed E-state index contributed by atoms with van der Waals surface area (Å²) in [5.41, 5.74) is 0. The fourth-order valence-corrected chi connectivity index (χ4v) is 0.930. The van der Waals surface area contributed by atoms with Gasteiger partial charge in [0.05, 0.1) is 6.61 Å². The molecule has 1 aliphatic heterocycles. The highest BCUT2D eigenvalue weighted by Gasteiger charge is 2.62. The first-order valence-corrected chi connectivity index (χ1v) is 5.01. The number of esters is 1. The summed E-state index contributed by atoms with van der Waals surface area (Å²) in [5.74, 6) is -5.42. The van der Waals surface area contributed by atoms with Crippen molar-refractivity contribution < 1.29 is 41.0 Å². The van der Waals surface area contributed by atoms with Crippen LogP contribution >= 0.6 is 0 Å². The zero-order valence-corrected chi connectivity index (χ0v) is 9.14. The number of cyclic esters (lactones) is 1. The van der Waals surface area contributed by atoms with Crippen LogP contribution in [0.2, 0.25) is 0 Å². The average Bonchev–Trinajstić information content (AvgIpc) is 2.44. The Morgan fingerprint density at radius 2 is 1.67 bits per heavy atom. The summed E-state index contributed by atoms with van der Waals surface area (Å²) in [6.45, 7) is 0.638. The van der Waals surface area contributed by atoms with E-state index in [-0.39, 0.29) is 5.97 Å². The summed E-state index contributed by atoms with van der Waals surface area (Å²) in [7, 11) is 0. The van der Waals surface area contributed by atoms with E-state index in [0.29, 0.717) is 13.0 Å². The Balaban J connectivity index is 0.000000327. The number of ether oxygens (including phenoxy) is 1. The fraction of sp³-hybridized carbons (Fsp3) is 0.889. The summed E-state index contributed by atoms with van der Waals surface area (Å²) >= 11 is 0. The van der Waals surface area contributed by atoms with E-state index in [2.05, 4.69) is 0 Å². The zero-order valence-electron chi connectivity index (χ0n) is 9.14. The van der Waals surface area contributed by atoms with Crippen molar-refractivity contribution in [1.29, 1.82) is 0 Å². The molecule has 0 radical (unpaired) electrons. The summed E-state index contributed by atoms with van der Waals surface area (Å²) in [6, 6.07) is 0. The van der Waals surface area contributed by atoms with Crippen molar-refractivity contribution in [2.75, 3.05) is 6.61 Å². The molecule has 1 rings (SSSR count). The predicted molar refractivity (Wildman–Crippen MR) is 47.5 cm³/mol. The van der Waals surface area contributed by atoms with Crippen molar-refractivity contribution in [3.8, 4) is 0 Å². The fourth-order valence-electron chi connectivity index (χ4n) is 0.930. The van der Waals surface area contributed by atoms with Crippen LogP contribution in [0.5, 0.6) is 0 Å². The van der Waals surface area contributed by atoms with Crippen LogP contribution in [-0.2, 0) is 9.53 Å². The molecule has 1 aliphatic rings. The number of alkyl halides is 6. The van der Waals surface area contributed by atoms with Gasteiger partial charge in [-0.2, -0.15) is 17.6 Å². The van der Waals surface area contributed by atoms with Crippen molar-refractivity contribution in [3.05, 3.63) is 0 Å². The van der Waals surface area contributed by atoms with Crippen LogP contribution < -0.4 is 0 Å². The highest BCUT2D eigenvalue weighted by molar-refractivity contribution is 5.69. The standard InChI is InChI=1S/C6H10O2.C3H2F6O/c7-6-4-2-1-3-5-8-6;4-1(5)2(6,10)3(7,8)9/h1-5H2;1,10H. The van der Waals surface area contributed by atoms with Crippen LogP contribution in [0.15, 0.2) is 0 Å². The van der Waals surface area contributed by atoms with Crippen molar-refractivity contribution in [2.45, 2.75) is 44.1 Å². The smallest absolute Gasteiger partial charge is 0.454 e. The van der Waals surface area contributed by atoms with Gasteiger partial charge in [-0.25, -0.2) is 8.78 Å². The molecule has 0 aromatic carbocycles. The molecule has 0 saturated carbocycles. The molecule has 1 fully saturated rings. The van der Waals surface area contributed by atoms with Gasteiger partial charge in [0, 0.05) is 6.42 Å². The summed E-state index contributed by atoms with van der Waals surface area (Å²) in [4.78, 5) is 10.5. The van der Waals surface area contributed by atoms with Gasteiger partial charge in [-0.1, -0.05) is 0 Å². The summed E-state index contributed by atoms with van der Waals surface area (Å²) in [6.07, 6.45) is -6.59. The third-order valence-electron chi connectivity index (χ3n) is 1.98. The molecule has 18 heavy (non-hydrogen) atoms. The number of rotatable bonds is 1. The highest BCUT2D eigenvalue weighted by atomic mass is 19.4. The second kappa shape index (κ2) is 6.81. The second-order valence-corrected chi connectivity index (χ2v) is 3.50. The molecule has 0 aromatic heterocycles. The Hall–Kier alpha value is -0.990. The second-order valence-electron chi connectivity index (χ2n) is 3.50. The van der Waals surface area contributed by atoms with Gasteiger partial charge in [0.1, 0.15) is 0 Å². The van der Waals surface area contributed by atoms with Crippen LogP contribution in [0, 0.1) is 0 Å². The first-order valence-electron chi connectivity index (χ1n) is 5.01. The highest BCUT2D eigenvalue weighted by Crippen LogP contribution is 2.36. The van der Waals surface area contributed by atoms with Gasteiger partial charge >= 0.3 is 24.4 Å². The average molecular weight is 282 g/mol. The van der Waals surface area contributed by atoms with Gasteiger partial charge in [0.15, 0.2) is 0 Å². The maximum absolute atomic E-state index is 11.4. The molecule has 1 atom stereocenters. The Kier molecular flexibility index (Phi) is 6.44. The molecule has 3 nitrogen and oxygen atoms in total. The molecule has 0 amide bonds. The number of hydrogen-bond acceptors (Lipinski definition) is 3. The zero-order chi connectivity index (χ0) is 14.4. The van der Waals surface area contributed by atoms with E-state index in [1.54, 1.807) is 0 Å². The number of halogens is 6. The number of hydrogen-bond donors (Lipinski definition) is 1. The number of aliphatic hydroxyl groups is 1. The lowest BCUT2D eigenvalue weighted by molar-refractivity contribution is -0.352. The molecule has 9 heteroatoms. The van der Waals surface area contributed by atoms with Crippen molar-refractivity contribution >= 4 is 5.97 Å². The number of carbonyl (C=O) groups excluding carboxylic acids is 1. The first kappa shape index (κ1) is 17.0. The lowest BCUT2D eigenvalue weighted by Crippen LogP contribution is -2.47. The predicted octanol–water partition coefficient (Wildman–Crippen LogP) is 2.58. The van der Waals surface area contributed by atoms with Gasteiger partial charge in [0.2, 0.25) is 0 Å². The van der Waals surface area contributed by atoms with E-state index in [1.165, 1.54) is 0 Å². The van der Waals surface area contributed by atoms with Gasteiger partial charge in [-0.3, -0.25) is 4.79 Å². The van der Waals surface area contributed by atoms with Crippen LogP contribution in [0.25, 0.3) is 0 Å². The Labute approximate surface area is 98.7 Å². The first-order chi connectivity index (χ1) is 8.09. The van der Waals surface area contributed by atoms with Crippen LogP contribution in [-0.4, -0.2) is 36.1 Å². The summed E-state index contributed by atoms with van der Waals surface area (Å²) < 4.78 is 71.0. The molecule has 1 saturated heterocycles. The van der Waals surface area contributed by atoms with Crippen LogP contribution in [0.4, 0.5) is 26.3 Å². The van der Waals surface area contributed by atoms with Crippen LogP contribution in [0.3, 0.4) is 0 Å². The lowest BCUT2D eigenvalue weighted by atomic mass is 10.2. The van der Waals surface area contributed by atoms with Gasteiger partial charge in [0.25, 0.3) is 0 Å². The maximum atomic E-state index is 11.4. The van der Waals surface area contributed by atoms with E-state index in [4.69, 9.17) is 9.84 Å². The monoisotopic (exact) mass is 282 g/mol. The lowest BCUT2D eigenvalue weighted by Gasteiger charge is -2.20. The largest absolute Gasteiger partial charge is 0.466 e. The minimum atomic E-state index is -5.94. The number of carbonyl (C=O) groups is 1. The third-order valence-corrected chi connectivity index (χ3v) is 1.98. The molecule has 0 bridgehead atoms. The molecular weight excluding hydrogens is 270 g/mol. The summed E-state index contributed by atoms with van der Waals surface area (Å²) in [5, 5.41) is 7.39. The van der Waals surface area contributed by atoms with Crippen molar-refractivity contribution in [3.63, 3.8) is 0 Å². The Morgan fingerprint density at radius 1 is 1.11 bits per heavy atom. The molecule has 1 N–H and O–H groups in total. The topological polar surface area (TPSA) is 46.5 Å². The van der Waals surface area contributed by atoms with E-state index >= 15 is 0 Å². The third kappa shape index (κ3) is 5.56. The quantitative estimate of drug-likeness (QED) is 0.594. The molecule has 0 aliphatic carbocycles. The molecule has 1 heterocycles. The van der Waals surface area contributed by atoms with Crippen molar-refractivity contribution in [2.24, 2.45) is 0 Å². The van der Waals surface area contributed by atoms with Crippen LogP contribution in [0.1, 0.15) is 25.7 Å². The molecule has 108 valence electrons.